The summed E-state index contributed by atoms with van der Waals surface area (Å²) >= 11 is 0. The predicted octanol–water partition coefficient (Wildman–Crippen LogP) is 6.19. The highest BCUT2D eigenvalue weighted by atomic mass is 16.1. The van der Waals surface area contributed by atoms with Gasteiger partial charge in [0.1, 0.15) is 5.78 Å². The Morgan fingerprint density at radius 3 is 2.28 bits per heavy atom. The molecule has 1 unspecified atom stereocenters. The molecule has 2 aromatic rings. The van der Waals surface area contributed by atoms with Crippen molar-refractivity contribution in [3.63, 3.8) is 0 Å². The van der Waals surface area contributed by atoms with Crippen LogP contribution in [-0.2, 0) is 4.79 Å². The molecule has 0 saturated heterocycles. The Bertz CT molecular complexity index is 744. The van der Waals surface area contributed by atoms with Gasteiger partial charge in [-0.1, -0.05) is 79.7 Å². The fourth-order valence-corrected chi connectivity index (χ4v) is 4.24. The Balaban J connectivity index is 2.00. The zero-order chi connectivity index (χ0) is 17.7. The molecule has 0 aliphatic heterocycles. The van der Waals surface area contributed by atoms with E-state index in [1.54, 1.807) is 0 Å². The third-order valence-electron chi connectivity index (χ3n) is 5.53. The molecule has 2 atom stereocenters. The molecule has 0 aromatic heterocycles. The maximum absolute atomic E-state index is 13.2. The summed E-state index contributed by atoms with van der Waals surface area (Å²) in [5, 5.41) is 0. The summed E-state index contributed by atoms with van der Waals surface area (Å²) in [6, 6.07) is 20.5. The molecule has 0 N–H and O–H groups in total. The minimum absolute atomic E-state index is 0.0296. The third kappa shape index (κ3) is 3.51. The molecular weight excluding hydrogens is 304 g/mol. The van der Waals surface area contributed by atoms with Gasteiger partial charge in [0.05, 0.1) is 0 Å². The smallest absolute Gasteiger partial charge is 0.140 e. The second-order valence-corrected chi connectivity index (χ2v) is 7.06. The van der Waals surface area contributed by atoms with Gasteiger partial charge in [-0.25, -0.2) is 0 Å². The van der Waals surface area contributed by atoms with Gasteiger partial charge in [-0.3, -0.25) is 4.79 Å². The number of benzene rings is 2. The van der Waals surface area contributed by atoms with Crippen molar-refractivity contribution in [3.05, 3.63) is 91.0 Å². The normalized spacial score (nSPS) is 21.5. The number of carbonyl (C=O) groups excluding carboxylic acids is 1. The lowest BCUT2D eigenvalue weighted by atomic mass is 9.60. The minimum atomic E-state index is -0.422. The summed E-state index contributed by atoms with van der Waals surface area (Å²) in [6.45, 7) is 8.41. The molecule has 1 saturated carbocycles. The molecule has 1 fully saturated rings. The highest BCUT2D eigenvalue weighted by molar-refractivity contribution is 5.89. The molecule has 0 amide bonds. The summed E-state index contributed by atoms with van der Waals surface area (Å²) in [6.07, 6.45) is 6.32. The molecule has 25 heavy (non-hydrogen) atoms. The van der Waals surface area contributed by atoms with Gasteiger partial charge in [0.2, 0.25) is 0 Å². The van der Waals surface area contributed by atoms with Crippen LogP contribution >= 0.6 is 0 Å². The maximum atomic E-state index is 13.2. The van der Waals surface area contributed by atoms with E-state index >= 15 is 0 Å². The first-order chi connectivity index (χ1) is 12.2. The lowest BCUT2D eigenvalue weighted by Crippen LogP contribution is -2.39. The van der Waals surface area contributed by atoms with Gasteiger partial charge in [0.15, 0.2) is 0 Å². The fraction of sp³-hybridized carbons (Fsp3) is 0.292. The van der Waals surface area contributed by atoms with Gasteiger partial charge in [0.25, 0.3) is 0 Å². The van der Waals surface area contributed by atoms with Crippen LogP contribution < -0.4 is 0 Å². The van der Waals surface area contributed by atoms with E-state index in [1.165, 1.54) is 5.56 Å². The van der Waals surface area contributed by atoms with E-state index < -0.39 is 5.41 Å². The Hall–Kier alpha value is -2.41. The first-order valence-corrected chi connectivity index (χ1v) is 9.11. The maximum Gasteiger partial charge on any atom is 0.140 e. The molecule has 3 rings (SSSR count). The molecule has 0 spiro atoms. The van der Waals surface area contributed by atoms with Crippen LogP contribution in [0.4, 0.5) is 0 Å². The molecule has 1 aliphatic carbocycles. The number of rotatable bonds is 6. The summed E-state index contributed by atoms with van der Waals surface area (Å²) < 4.78 is 0. The van der Waals surface area contributed by atoms with Crippen LogP contribution in [0.15, 0.2) is 79.9 Å². The summed E-state index contributed by atoms with van der Waals surface area (Å²) in [5.41, 5.74) is 2.91. The molecular formula is C24H26O. The number of hydrogen-bond donors (Lipinski definition) is 0. The van der Waals surface area contributed by atoms with Gasteiger partial charge >= 0.3 is 0 Å². The molecule has 0 radical (unpaired) electrons. The minimum Gasteiger partial charge on any atom is -0.299 e. The number of carbonyl (C=O) groups is 1. The van der Waals surface area contributed by atoms with Crippen LogP contribution in [0.25, 0.3) is 5.57 Å². The van der Waals surface area contributed by atoms with Crippen LogP contribution in [0.2, 0.25) is 0 Å². The molecule has 2 aromatic carbocycles. The van der Waals surface area contributed by atoms with Crippen molar-refractivity contribution in [2.75, 3.05) is 0 Å². The summed E-state index contributed by atoms with van der Waals surface area (Å²) in [4.78, 5) is 13.2. The molecule has 1 heteroatoms. The van der Waals surface area contributed by atoms with Crippen molar-refractivity contribution in [2.45, 2.75) is 38.0 Å². The first kappa shape index (κ1) is 17.4. The second kappa shape index (κ2) is 7.65. The van der Waals surface area contributed by atoms with E-state index in [4.69, 9.17) is 0 Å². The Morgan fingerprint density at radius 1 is 1.04 bits per heavy atom. The van der Waals surface area contributed by atoms with Gasteiger partial charge in [-0.2, -0.15) is 0 Å². The van der Waals surface area contributed by atoms with E-state index in [0.717, 1.165) is 30.4 Å². The van der Waals surface area contributed by atoms with Crippen LogP contribution in [0.3, 0.4) is 0 Å². The molecule has 0 bridgehead atoms. The van der Waals surface area contributed by atoms with E-state index in [2.05, 4.69) is 37.4 Å². The monoisotopic (exact) mass is 330 g/mol. The summed E-state index contributed by atoms with van der Waals surface area (Å²) in [7, 11) is 0. The van der Waals surface area contributed by atoms with Crippen LogP contribution in [-0.4, -0.2) is 5.78 Å². The molecule has 0 heterocycles. The van der Waals surface area contributed by atoms with Gasteiger partial charge in [-0.05, 0) is 36.0 Å². The van der Waals surface area contributed by atoms with E-state index in [9.17, 15) is 4.79 Å². The van der Waals surface area contributed by atoms with Crippen LogP contribution in [0.5, 0.6) is 0 Å². The lowest BCUT2D eigenvalue weighted by molar-refractivity contribution is -0.131. The van der Waals surface area contributed by atoms with E-state index in [1.807, 2.05) is 42.5 Å². The first-order valence-electron chi connectivity index (χ1n) is 9.11. The quantitative estimate of drug-likeness (QED) is 0.577. The highest BCUT2D eigenvalue weighted by Gasteiger charge is 2.45. The predicted molar refractivity (Wildman–Crippen MR) is 105 cm³/mol. The fourth-order valence-electron chi connectivity index (χ4n) is 4.24. The van der Waals surface area contributed by atoms with Crippen molar-refractivity contribution in [1.82, 2.24) is 0 Å². The number of allylic oxidation sites excluding steroid dienone is 2. The number of hydrogen-bond acceptors (Lipinski definition) is 1. The van der Waals surface area contributed by atoms with Gasteiger partial charge in [-0.15, -0.1) is 6.58 Å². The van der Waals surface area contributed by atoms with E-state index in [-0.39, 0.29) is 5.92 Å². The van der Waals surface area contributed by atoms with E-state index in [0.29, 0.717) is 18.6 Å². The average molecular weight is 330 g/mol. The lowest BCUT2D eigenvalue weighted by Gasteiger charge is -2.42. The Morgan fingerprint density at radius 2 is 1.68 bits per heavy atom. The molecule has 1 aliphatic rings. The Kier molecular flexibility index (Phi) is 5.33. The average Bonchev–Trinajstić information content (AvgIpc) is 2.66. The second-order valence-electron chi connectivity index (χ2n) is 7.06. The third-order valence-corrected chi connectivity index (χ3v) is 5.53. The zero-order valence-corrected chi connectivity index (χ0v) is 14.8. The van der Waals surface area contributed by atoms with Gasteiger partial charge in [0, 0.05) is 17.8 Å². The van der Waals surface area contributed by atoms with Crippen LogP contribution in [0, 0.1) is 5.41 Å². The van der Waals surface area contributed by atoms with Crippen molar-refractivity contribution < 1.29 is 4.79 Å². The Labute approximate surface area is 151 Å². The highest BCUT2D eigenvalue weighted by Crippen LogP contribution is 2.50. The summed E-state index contributed by atoms with van der Waals surface area (Å²) in [5.74, 6) is 0.395. The molecule has 128 valence electrons. The van der Waals surface area contributed by atoms with Crippen molar-refractivity contribution in [3.8, 4) is 0 Å². The SMILES string of the molecule is C=CC(c1ccccc1)[C@]1(CC(=C)c2ccccc2)CCCCC1=O. The molecule has 1 nitrogen and oxygen atoms in total. The van der Waals surface area contributed by atoms with Crippen molar-refractivity contribution in [1.29, 1.82) is 0 Å². The topological polar surface area (TPSA) is 17.1 Å². The van der Waals surface area contributed by atoms with Gasteiger partial charge < -0.3 is 0 Å². The number of Topliss-reactive ketones (excluding diaryl/α,β-unsaturated/α-hetero) is 1. The van der Waals surface area contributed by atoms with Crippen LogP contribution in [0.1, 0.15) is 49.1 Å². The standard InChI is InChI=1S/C24H26O/c1-3-22(21-14-8-5-9-15-21)24(17-11-10-16-23(24)25)18-19(2)20-12-6-4-7-13-20/h3-9,12-15,22H,1-2,10-11,16-18H2/t22?,24-/m1/s1. The number of ketones is 1. The zero-order valence-electron chi connectivity index (χ0n) is 14.8. The van der Waals surface area contributed by atoms with Crippen molar-refractivity contribution in [2.24, 2.45) is 5.41 Å². The van der Waals surface area contributed by atoms with Crippen molar-refractivity contribution >= 4 is 11.4 Å². The largest absolute Gasteiger partial charge is 0.299 e.